The Morgan fingerprint density at radius 2 is 0.964 bits per heavy atom. The number of rotatable bonds is 4. The predicted molar refractivity (Wildman–Crippen MR) is 99.8 cm³/mol. The summed E-state index contributed by atoms with van der Waals surface area (Å²) in [5.41, 5.74) is 5.02. The lowest BCUT2D eigenvalue weighted by Crippen LogP contribution is -3.00. The van der Waals surface area contributed by atoms with Crippen molar-refractivity contribution < 1.29 is 43.1 Å². The van der Waals surface area contributed by atoms with Gasteiger partial charge in [0.05, 0.1) is 12.4 Å². The van der Waals surface area contributed by atoms with Crippen LogP contribution >= 0.6 is 0 Å². The van der Waals surface area contributed by atoms with Crippen molar-refractivity contribution in [2.45, 2.75) is 13.1 Å². The Balaban J connectivity index is 0.00000112. The number of hydrogen-bond acceptors (Lipinski definition) is 0. The van der Waals surface area contributed by atoms with Crippen LogP contribution in [0.15, 0.2) is 97.8 Å². The summed E-state index contributed by atoms with van der Waals surface area (Å²) in [5, 5.41) is 0. The number of pyridine rings is 2. The van der Waals surface area contributed by atoms with Gasteiger partial charge >= 0.3 is 0 Å². The molecular weight excluding hydrogens is 480 g/mol. The summed E-state index contributed by atoms with van der Waals surface area (Å²) in [6, 6.07) is 21.5. The van der Waals surface area contributed by atoms with Crippen molar-refractivity contribution in [3.63, 3.8) is 0 Å². The van der Waals surface area contributed by atoms with Crippen LogP contribution in [0.4, 0.5) is 0 Å². The summed E-state index contributed by atoms with van der Waals surface area (Å²) in [6.45, 7) is 1.76. The highest BCUT2D eigenvalue weighted by atomic mass is 79.9. The molecule has 4 aromatic heterocycles. The Hall–Kier alpha value is -2.44. The molecule has 142 valence electrons. The fourth-order valence-electron chi connectivity index (χ4n) is 3.50. The molecule has 0 unspecified atom stereocenters. The molecule has 0 saturated heterocycles. The lowest BCUT2D eigenvalue weighted by atomic mass is 10.1. The number of benzene rings is 1. The van der Waals surface area contributed by atoms with Gasteiger partial charge in [0, 0.05) is 12.1 Å². The van der Waals surface area contributed by atoms with E-state index in [0.717, 1.165) is 13.1 Å². The molecule has 0 aliphatic rings. The molecule has 0 amide bonds. The van der Waals surface area contributed by atoms with E-state index in [-0.39, 0.29) is 34.0 Å². The van der Waals surface area contributed by atoms with E-state index < -0.39 is 0 Å². The van der Waals surface area contributed by atoms with Crippen LogP contribution in [0.25, 0.3) is 11.3 Å². The number of imidazole rings is 2. The molecule has 1 aromatic carbocycles. The molecule has 4 nitrogen and oxygen atoms in total. The summed E-state index contributed by atoms with van der Waals surface area (Å²) < 4.78 is 8.82. The lowest BCUT2D eigenvalue weighted by Gasteiger charge is -2.03. The van der Waals surface area contributed by atoms with Gasteiger partial charge in [-0.2, -0.15) is 0 Å². The Kier molecular flexibility index (Phi) is 6.31. The maximum absolute atomic E-state index is 2.27. The molecule has 0 aliphatic heterocycles. The van der Waals surface area contributed by atoms with Gasteiger partial charge in [0.25, 0.3) is 11.3 Å². The fraction of sp³-hybridized carbons (Fsp3) is 0.0909. The minimum absolute atomic E-state index is 0. The minimum atomic E-state index is 0. The number of hydrogen-bond donors (Lipinski definition) is 0. The largest absolute Gasteiger partial charge is 1.00 e. The molecule has 0 fully saturated rings. The normalized spacial score (nSPS) is 10.6. The molecule has 0 atom stereocenters. The molecule has 0 spiro atoms. The van der Waals surface area contributed by atoms with E-state index in [1.165, 1.54) is 22.4 Å². The van der Waals surface area contributed by atoms with Crippen LogP contribution < -0.4 is 43.1 Å². The maximum Gasteiger partial charge on any atom is 0.286 e. The average molecular weight is 500 g/mol. The van der Waals surface area contributed by atoms with Gasteiger partial charge in [0.2, 0.25) is 0 Å². The third-order valence-electron chi connectivity index (χ3n) is 4.87. The van der Waals surface area contributed by atoms with E-state index in [9.17, 15) is 0 Å². The second-order valence-electron chi connectivity index (χ2n) is 6.60. The first kappa shape index (κ1) is 20.3. The van der Waals surface area contributed by atoms with Crippen molar-refractivity contribution >= 4 is 11.3 Å². The van der Waals surface area contributed by atoms with Gasteiger partial charge in [-0.1, -0.05) is 36.4 Å². The van der Waals surface area contributed by atoms with Crippen molar-refractivity contribution in [1.29, 1.82) is 0 Å². The molecule has 4 heterocycles. The monoisotopic (exact) mass is 498 g/mol. The Bertz CT molecular complexity index is 1100. The zero-order valence-electron chi connectivity index (χ0n) is 15.2. The van der Waals surface area contributed by atoms with E-state index in [4.69, 9.17) is 0 Å². The Labute approximate surface area is 184 Å². The maximum atomic E-state index is 2.27. The van der Waals surface area contributed by atoms with Crippen molar-refractivity contribution in [2.75, 3.05) is 0 Å². The van der Waals surface area contributed by atoms with E-state index in [1.807, 2.05) is 0 Å². The van der Waals surface area contributed by atoms with Crippen molar-refractivity contribution in [1.82, 2.24) is 8.80 Å². The van der Waals surface area contributed by atoms with Crippen molar-refractivity contribution in [3.8, 4) is 0 Å². The molecule has 5 aromatic rings. The first-order valence-electron chi connectivity index (χ1n) is 8.85. The number of fused-ring (bicyclic) bond motifs is 2. The highest BCUT2D eigenvalue weighted by Gasteiger charge is 2.11. The average Bonchev–Trinajstić information content (AvgIpc) is 3.28. The summed E-state index contributed by atoms with van der Waals surface area (Å²) in [6.07, 6.45) is 12.6. The quantitative estimate of drug-likeness (QED) is 0.233. The highest BCUT2D eigenvalue weighted by molar-refractivity contribution is 5.32. The summed E-state index contributed by atoms with van der Waals surface area (Å²) in [4.78, 5) is 0. The summed E-state index contributed by atoms with van der Waals surface area (Å²) in [7, 11) is 0. The van der Waals surface area contributed by atoms with Crippen LogP contribution in [0.1, 0.15) is 11.1 Å². The van der Waals surface area contributed by atoms with Gasteiger partial charge in [-0.05, 0) is 23.3 Å². The van der Waals surface area contributed by atoms with Crippen molar-refractivity contribution in [2.24, 2.45) is 0 Å². The van der Waals surface area contributed by atoms with Crippen LogP contribution in [0.2, 0.25) is 0 Å². The SMILES string of the molecule is [Br-].[Br-].c1ccn2cc[n+](Cc3ccc(C[n+]4ccn5ccccc54)cc3)c2c1. The zero-order chi connectivity index (χ0) is 17.3. The zero-order valence-corrected chi connectivity index (χ0v) is 18.4. The van der Waals surface area contributed by atoms with E-state index in [2.05, 4.69) is 116 Å². The fourth-order valence-corrected chi connectivity index (χ4v) is 3.50. The first-order chi connectivity index (χ1) is 12.9. The molecule has 0 radical (unpaired) electrons. The van der Waals surface area contributed by atoms with Gasteiger partial charge < -0.3 is 34.0 Å². The number of nitrogens with zero attached hydrogens (tertiary/aromatic N) is 4. The van der Waals surface area contributed by atoms with Crippen molar-refractivity contribution in [3.05, 3.63) is 109 Å². The molecule has 0 bridgehead atoms. The molecule has 0 N–H and O–H groups in total. The highest BCUT2D eigenvalue weighted by Crippen LogP contribution is 2.07. The predicted octanol–water partition coefficient (Wildman–Crippen LogP) is -3.13. The van der Waals surface area contributed by atoms with Crippen LogP contribution in [0.5, 0.6) is 0 Å². The van der Waals surface area contributed by atoms with Gasteiger partial charge in [-0.3, -0.25) is 0 Å². The molecule has 0 aliphatic carbocycles. The molecule has 6 heteroatoms. The van der Waals surface area contributed by atoms with Crippen LogP contribution in [-0.2, 0) is 13.1 Å². The Morgan fingerprint density at radius 3 is 1.39 bits per heavy atom. The second kappa shape index (κ2) is 8.71. The topological polar surface area (TPSA) is 16.6 Å². The third-order valence-corrected chi connectivity index (χ3v) is 4.87. The summed E-state index contributed by atoms with van der Waals surface area (Å²) in [5.74, 6) is 0. The van der Waals surface area contributed by atoms with E-state index >= 15 is 0 Å². The van der Waals surface area contributed by atoms with Gasteiger partial charge in [0.15, 0.2) is 0 Å². The number of aromatic nitrogens is 4. The third kappa shape index (κ3) is 3.88. The molecular formula is C22H20Br2N4. The Morgan fingerprint density at radius 1 is 0.536 bits per heavy atom. The number of halogens is 2. The molecule has 5 rings (SSSR count). The summed E-state index contributed by atoms with van der Waals surface area (Å²) >= 11 is 0. The standard InChI is InChI=1S/C22H20N4.2BrH/c1-3-11-23-13-15-25(21(23)5-1)17-19-7-9-20(10-8-19)18-26-16-14-24-12-4-2-6-22(24)26;;/h1-16H,17-18H2;2*1H/q+2;;/p-2. The van der Waals surface area contributed by atoms with Gasteiger partial charge in [-0.25, -0.2) is 17.9 Å². The van der Waals surface area contributed by atoms with E-state index in [0.29, 0.717) is 0 Å². The molecule has 0 saturated carbocycles. The minimum Gasteiger partial charge on any atom is -1.00 e. The van der Waals surface area contributed by atoms with Crippen LogP contribution in [0.3, 0.4) is 0 Å². The molecule has 28 heavy (non-hydrogen) atoms. The van der Waals surface area contributed by atoms with Gasteiger partial charge in [0.1, 0.15) is 37.9 Å². The first-order valence-corrected chi connectivity index (χ1v) is 8.85. The van der Waals surface area contributed by atoms with Crippen LogP contribution in [0, 0.1) is 0 Å². The van der Waals surface area contributed by atoms with Gasteiger partial charge in [-0.15, -0.1) is 0 Å². The van der Waals surface area contributed by atoms with E-state index in [1.54, 1.807) is 0 Å². The van der Waals surface area contributed by atoms with Crippen LogP contribution in [-0.4, -0.2) is 8.80 Å². The smallest absolute Gasteiger partial charge is 0.286 e. The second-order valence-corrected chi connectivity index (χ2v) is 6.60. The lowest BCUT2D eigenvalue weighted by molar-refractivity contribution is -0.662.